The Morgan fingerprint density at radius 2 is 1.69 bits per heavy atom. The second-order valence-corrected chi connectivity index (χ2v) is 6.87. The molecular formula is C24H21N3O5. The van der Waals surface area contributed by atoms with E-state index >= 15 is 0 Å². The number of carbonyl (C=O) groups is 1. The highest BCUT2D eigenvalue weighted by atomic mass is 16.5. The molecule has 0 saturated carbocycles. The lowest BCUT2D eigenvalue weighted by Gasteiger charge is -2.12. The number of fused-ring (bicyclic) bond motifs is 1. The minimum Gasteiger partial charge on any atom is -0.497 e. The Bertz CT molecular complexity index is 1360. The van der Waals surface area contributed by atoms with Crippen molar-refractivity contribution in [1.29, 1.82) is 0 Å². The number of methoxy groups -OCH3 is 3. The first-order valence-electron chi connectivity index (χ1n) is 9.73. The first-order chi connectivity index (χ1) is 15.5. The van der Waals surface area contributed by atoms with Crippen LogP contribution in [0.25, 0.3) is 16.6 Å². The zero-order valence-electron chi connectivity index (χ0n) is 17.8. The van der Waals surface area contributed by atoms with Crippen molar-refractivity contribution in [3.05, 3.63) is 82.9 Å². The molecule has 8 heteroatoms. The molecule has 0 fully saturated rings. The predicted octanol–water partition coefficient (Wildman–Crippen LogP) is 3.66. The SMILES string of the molecule is COc1cccc(-n2cnc3cc(C(=O)Nc4cc(OC)ccc4OC)ccc3c2=O)c1. The molecule has 0 aliphatic rings. The fraction of sp³-hybridized carbons (Fsp3) is 0.125. The fourth-order valence-corrected chi connectivity index (χ4v) is 3.31. The van der Waals surface area contributed by atoms with E-state index in [1.165, 1.54) is 18.0 Å². The summed E-state index contributed by atoms with van der Waals surface area (Å²) in [7, 11) is 4.62. The average molecular weight is 431 g/mol. The summed E-state index contributed by atoms with van der Waals surface area (Å²) in [4.78, 5) is 30.2. The lowest BCUT2D eigenvalue weighted by atomic mass is 10.1. The van der Waals surface area contributed by atoms with Gasteiger partial charge in [-0.15, -0.1) is 0 Å². The van der Waals surface area contributed by atoms with Crippen LogP contribution in [0.4, 0.5) is 5.69 Å². The van der Waals surface area contributed by atoms with E-state index in [0.717, 1.165) is 0 Å². The van der Waals surface area contributed by atoms with E-state index in [2.05, 4.69) is 10.3 Å². The van der Waals surface area contributed by atoms with Gasteiger partial charge in [0.05, 0.1) is 43.6 Å². The molecule has 1 amide bonds. The van der Waals surface area contributed by atoms with Crippen molar-refractivity contribution < 1.29 is 19.0 Å². The maximum atomic E-state index is 13.0. The Labute approximate surface area is 184 Å². The first kappa shape index (κ1) is 20.9. The number of amides is 1. The fourth-order valence-electron chi connectivity index (χ4n) is 3.31. The van der Waals surface area contributed by atoms with Crippen LogP contribution >= 0.6 is 0 Å². The number of hydrogen-bond donors (Lipinski definition) is 1. The van der Waals surface area contributed by atoms with Crippen molar-refractivity contribution in [2.45, 2.75) is 0 Å². The molecule has 4 rings (SSSR count). The van der Waals surface area contributed by atoms with Crippen molar-refractivity contribution >= 4 is 22.5 Å². The molecule has 0 radical (unpaired) electrons. The summed E-state index contributed by atoms with van der Waals surface area (Å²) < 4.78 is 17.2. The second kappa shape index (κ2) is 8.81. The number of hydrogen-bond acceptors (Lipinski definition) is 6. The van der Waals surface area contributed by atoms with Gasteiger partial charge >= 0.3 is 0 Å². The van der Waals surface area contributed by atoms with Gasteiger partial charge in [-0.05, 0) is 42.5 Å². The molecule has 0 spiro atoms. The number of benzene rings is 3. The van der Waals surface area contributed by atoms with Crippen LogP contribution in [-0.4, -0.2) is 36.8 Å². The summed E-state index contributed by atoms with van der Waals surface area (Å²) in [5.74, 6) is 1.35. The molecule has 0 saturated heterocycles. The van der Waals surface area contributed by atoms with Crippen LogP contribution in [0.5, 0.6) is 17.2 Å². The highest BCUT2D eigenvalue weighted by Gasteiger charge is 2.14. The Kier molecular flexibility index (Phi) is 5.76. The molecule has 162 valence electrons. The number of carbonyl (C=O) groups excluding carboxylic acids is 1. The number of nitrogens with zero attached hydrogens (tertiary/aromatic N) is 2. The minimum absolute atomic E-state index is 0.246. The van der Waals surface area contributed by atoms with Gasteiger partial charge < -0.3 is 19.5 Å². The van der Waals surface area contributed by atoms with Gasteiger partial charge in [-0.3, -0.25) is 14.2 Å². The normalized spacial score (nSPS) is 10.6. The Morgan fingerprint density at radius 1 is 0.906 bits per heavy atom. The molecule has 32 heavy (non-hydrogen) atoms. The zero-order chi connectivity index (χ0) is 22.7. The maximum Gasteiger partial charge on any atom is 0.265 e. The predicted molar refractivity (Wildman–Crippen MR) is 121 cm³/mol. The largest absolute Gasteiger partial charge is 0.497 e. The van der Waals surface area contributed by atoms with Crippen LogP contribution in [0.1, 0.15) is 10.4 Å². The van der Waals surface area contributed by atoms with E-state index in [1.54, 1.807) is 74.9 Å². The molecule has 1 N–H and O–H groups in total. The average Bonchev–Trinajstić information content (AvgIpc) is 2.84. The topological polar surface area (TPSA) is 91.7 Å². The first-order valence-corrected chi connectivity index (χ1v) is 9.73. The third-order valence-corrected chi connectivity index (χ3v) is 5.01. The van der Waals surface area contributed by atoms with Gasteiger partial charge in [-0.25, -0.2) is 4.98 Å². The van der Waals surface area contributed by atoms with E-state index in [0.29, 0.717) is 45.1 Å². The van der Waals surface area contributed by atoms with Gasteiger partial charge in [-0.2, -0.15) is 0 Å². The van der Waals surface area contributed by atoms with Gasteiger partial charge in [0.15, 0.2) is 0 Å². The molecule has 4 aromatic rings. The molecule has 0 atom stereocenters. The summed E-state index contributed by atoms with van der Waals surface area (Å²) in [6.45, 7) is 0. The third-order valence-electron chi connectivity index (χ3n) is 5.01. The van der Waals surface area contributed by atoms with Crippen molar-refractivity contribution in [1.82, 2.24) is 9.55 Å². The quantitative estimate of drug-likeness (QED) is 0.501. The van der Waals surface area contributed by atoms with Crippen LogP contribution < -0.4 is 25.1 Å². The Morgan fingerprint density at radius 3 is 2.44 bits per heavy atom. The minimum atomic E-state index is -0.364. The van der Waals surface area contributed by atoms with Crippen molar-refractivity contribution in [2.75, 3.05) is 26.6 Å². The number of anilines is 1. The molecule has 8 nitrogen and oxygen atoms in total. The molecule has 1 heterocycles. The summed E-state index contributed by atoms with van der Waals surface area (Å²) in [5, 5.41) is 3.21. The standard InChI is InChI=1S/C24H21N3O5/c1-30-17-6-4-5-16(12-17)27-14-25-20-11-15(7-9-19(20)24(27)29)23(28)26-21-13-18(31-2)8-10-22(21)32-3/h4-14H,1-3H3,(H,26,28). The van der Waals surface area contributed by atoms with Gasteiger partial charge in [0.25, 0.3) is 11.5 Å². The number of rotatable bonds is 6. The number of aromatic nitrogens is 2. The van der Waals surface area contributed by atoms with Crippen molar-refractivity contribution in [3.63, 3.8) is 0 Å². The Balaban J connectivity index is 1.67. The van der Waals surface area contributed by atoms with Gasteiger partial charge in [0.2, 0.25) is 0 Å². The smallest absolute Gasteiger partial charge is 0.265 e. The van der Waals surface area contributed by atoms with Crippen molar-refractivity contribution in [3.8, 4) is 22.9 Å². The van der Waals surface area contributed by atoms with Crippen LogP contribution in [0, 0.1) is 0 Å². The number of nitrogens with one attached hydrogen (secondary N) is 1. The van der Waals surface area contributed by atoms with E-state index in [1.807, 2.05) is 0 Å². The molecule has 0 unspecified atom stereocenters. The molecule has 0 bridgehead atoms. The van der Waals surface area contributed by atoms with E-state index in [-0.39, 0.29) is 11.5 Å². The monoisotopic (exact) mass is 431 g/mol. The van der Waals surface area contributed by atoms with E-state index in [4.69, 9.17) is 14.2 Å². The second-order valence-electron chi connectivity index (χ2n) is 6.87. The summed E-state index contributed by atoms with van der Waals surface area (Å²) >= 11 is 0. The summed E-state index contributed by atoms with van der Waals surface area (Å²) in [6, 6.07) is 17.0. The maximum absolute atomic E-state index is 13.0. The molecular weight excluding hydrogens is 410 g/mol. The van der Waals surface area contributed by atoms with Gasteiger partial charge in [0, 0.05) is 17.7 Å². The molecule has 3 aromatic carbocycles. The van der Waals surface area contributed by atoms with Gasteiger partial charge in [0.1, 0.15) is 23.6 Å². The molecule has 1 aromatic heterocycles. The highest BCUT2D eigenvalue weighted by molar-refractivity contribution is 6.06. The highest BCUT2D eigenvalue weighted by Crippen LogP contribution is 2.29. The van der Waals surface area contributed by atoms with Crippen molar-refractivity contribution in [2.24, 2.45) is 0 Å². The van der Waals surface area contributed by atoms with E-state index in [9.17, 15) is 9.59 Å². The number of ether oxygens (including phenoxy) is 3. The van der Waals surface area contributed by atoms with Gasteiger partial charge in [-0.1, -0.05) is 6.07 Å². The third kappa shape index (κ3) is 3.98. The van der Waals surface area contributed by atoms with E-state index < -0.39 is 0 Å². The molecule has 0 aliphatic heterocycles. The van der Waals surface area contributed by atoms with Crippen LogP contribution in [0.2, 0.25) is 0 Å². The summed E-state index contributed by atoms with van der Waals surface area (Å²) in [6.07, 6.45) is 1.44. The van der Waals surface area contributed by atoms with Crippen LogP contribution in [0.3, 0.4) is 0 Å². The Hall–Kier alpha value is -4.33. The molecule has 0 aliphatic carbocycles. The van der Waals surface area contributed by atoms with Crippen LogP contribution in [-0.2, 0) is 0 Å². The summed E-state index contributed by atoms with van der Waals surface area (Å²) in [5.41, 5.74) is 1.63. The lowest BCUT2D eigenvalue weighted by Crippen LogP contribution is -2.19. The van der Waals surface area contributed by atoms with Crippen LogP contribution in [0.15, 0.2) is 71.8 Å². The lowest BCUT2D eigenvalue weighted by molar-refractivity contribution is 0.102. The zero-order valence-corrected chi connectivity index (χ0v) is 17.8.